The molecule has 1 heteroatoms. The molecule has 1 nitrogen and oxygen atoms in total. The molecule has 1 N–H and O–H groups in total. The van der Waals surface area contributed by atoms with Crippen molar-refractivity contribution in [2.24, 2.45) is 11.3 Å². The van der Waals surface area contributed by atoms with Gasteiger partial charge in [-0.15, -0.1) is 0 Å². The van der Waals surface area contributed by atoms with Crippen molar-refractivity contribution in [3.8, 4) is 0 Å². The number of nitrogens with one attached hydrogen (secondary N) is 1. The lowest BCUT2D eigenvalue weighted by atomic mass is 9.71. The van der Waals surface area contributed by atoms with Crippen molar-refractivity contribution in [2.75, 3.05) is 6.54 Å². The molecule has 0 heterocycles. The topological polar surface area (TPSA) is 12.0 Å². The summed E-state index contributed by atoms with van der Waals surface area (Å²) in [6, 6.07) is 0.815. The summed E-state index contributed by atoms with van der Waals surface area (Å²) in [4.78, 5) is 0. The lowest BCUT2D eigenvalue weighted by Gasteiger charge is -2.35. The third-order valence-corrected chi connectivity index (χ3v) is 10.4. The number of fused-ring (bicyclic) bond motifs is 6. The van der Waals surface area contributed by atoms with E-state index in [2.05, 4.69) is 5.32 Å². The molecule has 2 bridgehead atoms. The Bertz CT molecular complexity index is 477. The second kappa shape index (κ2) is 19.1. The lowest BCUT2D eigenvalue weighted by molar-refractivity contribution is 0.171. The summed E-state index contributed by atoms with van der Waals surface area (Å²) in [5, 5.41) is 4.05. The molecule has 2 unspecified atom stereocenters. The molecular weight excluding hydrogens is 422 g/mol. The predicted molar refractivity (Wildman–Crippen MR) is 156 cm³/mol. The van der Waals surface area contributed by atoms with E-state index in [-0.39, 0.29) is 0 Å². The molecule has 0 saturated heterocycles. The summed E-state index contributed by atoms with van der Waals surface area (Å²) in [7, 11) is 0. The zero-order valence-corrected chi connectivity index (χ0v) is 24.1. The Morgan fingerprint density at radius 2 is 0.800 bits per heavy atom. The van der Waals surface area contributed by atoms with Crippen molar-refractivity contribution < 1.29 is 0 Å². The molecule has 0 spiro atoms. The number of rotatable bonds is 5. The van der Waals surface area contributed by atoms with E-state index in [0.717, 1.165) is 12.0 Å². The Labute approximate surface area is 221 Å². The normalized spacial score (nSPS) is 30.7. The number of hydrogen-bond acceptors (Lipinski definition) is 1. The Hall–Kier alpha value is -0.0400. The van der Waals surface area contributed by atoms with Gasteiger partial charge in [0.15, 0.2) is 0 Å². The fourth-order valence-electron chi connectivity index (χ4n) is 8.00. The first-order valence-corrected chi connectivity index (χ1v) is 17.1. The zero-order chi connectivity index (χ0) is 24.3. The summed E-state index contributed by atoms with van der Waals surface area (Å²) >= 11 is 0. The molecule has 35 heavy (non-hydrogen) atoms. The van der Waals surface area contributed by atoms with Gasteiger partial charge >= 0.3 is 0 Å². The van der Waals surface area contributed by atoms with Crippen LogP contribution in [0.1, 0.15) is 193 Å². The van der Waals surface area contributed by atoms with Crippen LogP contribution >= 0.6 is 0 Å². The van der Waals surface area contributed by atoms with E-state index in [1.165, 1.54) is 180 Å². The van der Waals surface area contributed by atoms with Gasteiger partial charge in [0.05, 0.1) is 0 Å². The van der Waals surface area contributed by atoms with Gasteiger partial charge in [-0.25, -0.2) is 0 Å². The minimum Gasteiger partial charge on any atom is -0.314 e. The Morgan fingerprint density at radius 1 is 0.429 bits per heavy atom. The van der Waals surface area contributed by atoms with Gasteiger partial charge in [-0.3, -0.25) is 0 Å². The molecule has 0 radical (unpaired) electrons. The van der Waals surface area contributed by atoms with Gasteiger partial charge in [0, 0.05) is 6.04 Å². The van der Waals surface area contributed by atoms with E-state index >= 15 is 0 Å². The maximum absolute atomic E-state index is 4.05. The lowest BCUT2D eigenvalue weighted by Crippen LogP contribution is -2.31. The summed E-state index contributed by atoms with van der Waals surface area (Å²) in [6.07, 6.45) is 45.0. The standard InChI is InChI=1S/C34H65N/c1-2-9-17-26-33(25-16-8-1)35-31-21-30-34-27-18-10-4-3-6-13-22-32(24-15-12-20-29-34)23-14-7-5-11-19-28-34/h32-33,35H,1-31H2. The van der Waals surface area contributed by atoms with Crippen LogP contribution in [0.4, 0.5) is 0 Å². The van der Waals surface area contributed by atoms with E-state index in [1.54, 1.807) is 19.3 Å². The highest BCUT2D eigenvalue weighted by molar-refractivity contribution is 4.81. The predicted octanol–water partition coefficient (Wildman–Crippen LogP) is 11.3. The van der Waals surface area contributed by atoms with Crippen molar-refractivity contribution in [3.63, 3.8) is 0 Å². The van der Waals surface area contributed by atoms with Crippen LogP contribution in [-0.4, -0.2) is 12.6 Å². The highest BCUT2D eigenvalue weighted by atomic mass is 14.9. The molecule has 3 rings (SSSR count). The second-order valence-corrected chi connectivity index (χ2v) is 13.4. The number of hydrogen-bond donors (Lipinski definition) is 1. The SMILES string of the molecule is C1CCCCC2(CCCNC3CCCCCCCC3)CCCCCCCC(CCC1)CCCCC2. The largest absolute Gasteiger partial charge is 0.314 e. The van der Waals surface area contributed by atoms with Crippen molar-refractivity contribution in [2.45, 2.75) is 199 Å². The average molecular weight is 488 g/mol. The summed E-state index contributed by atoms with van der Waals surface area (Å²) in [6.45, 7) is 1.29. The smallest absolute Gasteiger partial charge is 0.00670 e. The van der Waals surface area contributed by atoms with Crippen LogP contribution in [0.2, 0.25) is 0 Å². The summed E-state index contributed by atoms with van der Waals surface area (Å²) < 4.78 is 0. The van der Waals surface area contributed by atoms with Gasteiger partial charge in [0.1, 0.15) is 0 Å². The molecule has 0 amide bonds. The Kier molecular flexibility index (Phi) is 16.1. The van der Waals surface area contributed by atoms with Crippen molar-refractivity contribution in [1.29, 1.82) is 0 Å². The van der Waals surface area contributed by atoms with Crippen LogP contribution in [0.15, 0.2) is 0 Å². The molecule has 3 fully saturated rings. The van der Waals surface area contributed by atoms with Crippen LogP contribution in [0, 0.1) is 11.3 Å². The van der Waals surface area contributed by atoms with E-state index in [1.807, 2.05) is 0 Å². The van der Waals surface area contributed by atoms with Crippen molar-refractivity contribution in [1.82, 2.24) is 5.32 Å². The van der Waals surface area contributed by atoms with Crippen LogP contribution in [0.25, 0.3) is 0 Å². The Morgan fingerprint density at radius 3 is 1.29 bits per heavy atom. The van der Waals surface area contributed by atoms with Gasteiger partial charge in [0.25, 0.3) is 0 Å². The molecule has 2 atom stereocenters. The van der Waals surface area contributed by atoms with Crippen molar-refractivity contribution >= 4 is 0 Å². The molecule has 0 aromatic carbocycles. The third-order valence-electron chi connectivity index (χ3n) is 10.4. The molecule has 206 valence electrons. The van der Waals surface area contributed by atoms with Crippen LogP contribution in [0.3, 0.4) is 0 Å². The summed E-state index contributed by atoms with van der Waals surface area (Å²) in [5.74, 6) is 1.05. The minimum atomic E-state index is 0.670. The van der Waals surface area contributed by atoms with Crippen LogP contribution in [-0.2, 0) is 0 Å². The molecular formula is C34H65N. The fraction of sp³-hybridized carbons (Fsp3) is 1.00. The quantitative estimate of drug-likeness (QED) is 0.380. The van der Waals surface area contributed by atoms with Gasteiger partial charge in [-0.1, -0.05) is 148 Å². The van der Waals surface area contributed by atoms with Gasteiger partial charge in [-0.05, 0) is 62.8 Å². The molecule has 3 saturated carbocycles. The van der Waals surface area contributed by atoms with E-state index in [9.17, 15) is 0 Å². The van der Waals surface area contributed by atoms with Crippen molar-refractivity contribution in [3.05, 3.63) is 0 Å². The first-order valence-electron chi connectivity index (χ1n) is 17.1. The fourth-order valence-corrected chi connectivity index (χ4v) is 8.00. The van der Waals surface area contributed by atoms with Crippen LogP contribution < -0.4 is 5.32 Å². The molecule has 3 aliphatic carbocycles. The highest BCUT2D eigenvalue weighted by Gasteiger charge is 2.28. The first-order chi connectivity index (χ1) is 17.4. The molecule has 0 aromatic rings. The molecule has 3 aliphatic rings. The van der Waals surface area contributed by atoms with Gasteiger partial charge in [-0.2, -0.15) is 0 Å². The van der Waals surface area contributed by atoms with E-state index < -0.39 is 0 Å². The van der Waals surface area contributed by atoms with E-state index in [0.29, 0.717) is 5.41 Å². The highest BCUT2D eigenvalue weighted by Crippen LogP contribution is 2.42. The average Bonchev–Trinajstić information content (AvgIpc) is 2.99. The van der Waals surface area contributed by atoms with Crippen LogP contribution in [0.5, 0.6) is 0 Å². The molecule has 0 aromatic heterocycles. The maximum Gasteiger partial charge on any atom is 0.00670 e. The third kappa shape index (κ3) is 13.4. The zero-order valence-electron chi connectivity index (χ0n) is 24.1. The maximum atomic E-state index is 4.05. The minimum absolute atomic E-state index is 0.670. The summed E-state index contributed by atoms with van der Waals surface area (Å²) in [5.41, 5.74) is 0.670. The second-order valence-electron chi connectivity index (χ2n) is 13.4. The monoisotopic (exact) mass is 488 g/mol. The van der Waals surface area contributed by atoms with E-state index in [4.69, 9.17) is 0 Å². The molecule has 0 aliphatic heterocycles. The van der Waals surface area contributed by atoms with Gasteiger partial charge in [0.2, 0.25) is 0 Å². The Balaban J connectivity index is 1.54. The van der Waals surface area contributed by atoms with Gasteiger partial charge < -0.3 is 5.32 Å². The first kappa shape index (κ1) is 29.5.